The summed E-state index contributed by atoms with van der Waals surface area (Å²) in [6.45, 7) is 2.91. The summed E-state index contributed by atoms with van der Waals surface area (Å²) in [6, 6.07) is 3.88. The van der Waals surface area contributed by atoms with Crippen molar-refractivity contribution in [2.24, 2.45) is 5.92 Å². The zero-order chi connectivity index (χ0) is 17.6. The topological polar surface area (TPSA) is 79.2 Å². The van der Waals surface area contributed by atoms with Gasteiger partial charge in [-0.25, -0.2) is 9.78 Å². The van der Waals surface area contributed by atoms with E-state index in [-0.39, 0.29) is 6.03 Å². The molecule has 25 heavy (non-hydrogen) atoms. The number of piperidine rings is 1. The smallest absolute Gasteiger partial charge is 0.317 e. The number of anilines is 1. The van der Waals surface area contributed by atoms with Gasteiger partial charge in [0, 0.05) is 58.2 Å². The molecular weight excluding hydrogens is 318 g/mol. The van der Waals surface area contributed by atoms with Gasteiger partial charge in [-0.15, -0.1) is 5.10 Å². The van der Waals surface area contributed by atoms with E-state index in [0.29, 0.717) is 12.5 Å². The first-order valence-corrected chi connectivity index (χ1v) is 8.61. The van der Waals surface area contributed by atoms with Crippen molar-refractivity contribution in [2.75, 3.05) is 32.1 Å². The van der Waals surface area contributed by atoms with Crippen LogP contribution in [0.4, 0.5) is 10.6 Å². The number of aromatic nitrogens is 4. The first-order chi connectivity index (χ1) is 12.1. The van der Waals surface area contributed by atoms with Gasteiger partial charge in [0.2, 0.25) is 0 Å². The maximum Gasteiger partial charge on any atom is 0.317 e. The van der Waals surface area contributed by atoms with Gasteiger partial charge in [-0.3, -0.25) is 4.68 Å². The van der Waals surface area contributed by atoms with Crippen LogP contribution in [0, 0.1) is 5.92 Å². The second-order valence-electron chi connectivity index (χ2n) is 6.59. The molecule has 1 aliphatic rings. The second-order valence-corrected chi connectivity index (χ2v) is 6.59. The Kier molecular flexibility index (Phi) is 5.47. The lowest BCUT2D eigenvalue weighted by Crippen LogP contribution is -2.44. The van der Waals surface area contributed by atoms with Crippen LogP contribution >= 0.6 is 0 Å². The van der Waals surface area contributed by atoms with Crippen molar-refractivity contribution in [2.45, 2.75) is 25.9 Å². The minimum atomic E-state index is -0.00670. The molecule has 0 atom stereocenters. The van der Waals surface area contributed by atoms with Crippen LogP contribution in [0.1, 0.15) is 18.4 Å². The summed E-state index contributed by atoms with van der Waals surface area (Å²) in [5.74, 6) is 1.43. The van der Waals surface area contributed by atoms with Crippen molar-refractivity contribution in [3.05, 3.63) is 36.3 Å². The number of urea groups is 1. The molecule has 3 heterocycles. The third kappa shape index (κ3) is 4.46. The minimum absolute atomic E-state index is 0.00670. The number of hydrogen-bond acceptors (Lipinski definition) is 5. The highest BCUT2D eigenvalue weighted by Gasteiger charge is 2.23. The molecule has 0 aliphatic carbocycles. The molecule has 1 N–H and O–H groups in total. The molecule has 2 aromatic rings. The van der Waals surface area contributed by atoms with Crippen LogP contribution in [0.15, 0.2) is 30.7 Å². The lowest BCUT2D eigenvalue weighted by atomic mass is 9.97. The Hall–Kier alpha value is -2.64. The Labute approximate surface area is 147 Å². The minimum Gasteiger partial charge on any atom is -0.362 e. The average Bonchev–Trinajstić information content (AvgIpc) is 3.13. The summed E-state index contributed by atoms with van der Waals surface area (Å²) in [5, 5.41) is 10.9. The van der Waals surface area contributed by atoms with Crippen molar-refractivity contribution in [3.63, 3.8) is 0 Å². The zero-order valence-corrected chi connectivity index (χ0v) is 14.8. The number of nitrogens with one attached hydrogen (secondary N) is 1. The molecule has 2 amide bonds. The molecule has 8 heteroatoms. The second kappa shape index (κ2) is 7.96. The average molecular weight is 343 g/mol. The summed E-state index contributed by atoms with van der Waals surface area (Å²) in [6.07, 6.45) is 7.32. The number of likely N-dealkylation sites (tertiary alicyclic amines) is 1. The normalized spacial score (nSPS) is 15.2. The molecular formula is C17H25N7O. The Bertz CT molecular complexity index is 678. The van der Waals surface area contributed by atoms with Gasteiger partial charge in [0.05, 0.1) is 6.20 Å². The summed E-state index contributed by atoms with van der Waals surface area (Å²) in [5.41, 5.74) is 1.02. The van der Waals surface area contributed by atoms with Crippen molar-refractivity contribution in [1.29, 1.82) is 0 Å². The van der Waals surface area contributed by atoms with Gasteiger partial charge in [0.1, 0.15) is 5.82 Å². The van der Waals surface area contributed by atoms with Gasteiger partial charge in [-0.1, -0.05) is 11.3 Å². The number of carbonyl (C=O) groups is 1. The molecule has 0 bridgehead atoms. The predicted octanol–water partition coefficient (Wildman–Crippen LogP) is 1.36. The fourth-order valence-electron chi connectivity index (χ4n) is 3.17. The molecule has 1 fully saturated rings. The molecule has 0 unspecified atom stereocenters. The van der Waals surface area contributed by atoms with Crippen molar-refractivity contribution < 1.29 is 4.79 Å². The van der Waals surface area contributed by atoms with Gasteiger partial charge < -0.3 is 15.1 Å². The van der Waals surface area contributed by atoms with Crippen LogP contribution in [0.3, 0.4) is 0 Å². The Morgan fingerprint density at radius 3 is 2.80 bits per heavy atom. The fourth-order valence-corrected chi connectivity index (χ4v) is 3.17. The molecule has 1 saturated heterocycles. The summed E-state index contributed by atoms with van der Waals surface area (Å²) in [4.78, 5) is 20.6. The van der Waals surface area contributed by atoms with E-state index in [1.54, 1.807) is 12.4 Å². The maximum absolute atomic E-state index is 12.4. The molecule has 0 radical (unpaired) electrons. The van der Waals surface area contributed by atoms with E-state index in [1.807, 2.05) is 46.9 Å². The van der Waals surface area contributed by atoms with Crippen molar-refractivity contribution in [1.82, 2.24) is 30.2 Å². The van der Waals surface area contributed by atoms with Crippen LogP contribution in [0.2, 0.25) is 0 Å². The summed E-state index contributed by atoms with van der Waals surface area (Å²) >= 11 is 0. The van der Waals surface area contributed by atoms with Gasteiger partial charge in [0.25, 0.3) is 0 Å². The monoisotopic (exact) mass is 343 g/mol. The molecule has 8 nitrogen and oxygen atoms in total. The highest BCUT2D eigenvalue weighted by molar-refractivity contribution is 5.74. The number of nitrogens with zero attached hydrogens (tertiary/aromatic N) is 6. The number of amides is 2. The van der Waals surface area contributed by atoms with Crippen molar-refractivity contribution in [3.8, 4) is 0 Å². The van der Waals surface area contributed by atoms with E-state index >= 15 is 0 Å². The summed E-state index contributed by atoms with van der Waals surface area (Å²) < 4.78 is 1.87. The fraction of sp³-hybridized carbons (Fsp3) is 0.529. The summed E-state index contributed by atoms with van der Waals surface area (Å²) in [7, 11) is 3.90. The van der Waals surface area contributed by atoms with Crippen LogP contribution in [-0.4, -0.2) is 58.1 Å². The number of hydrogen-bond donors (Lipinski definition) is 1. The highest BCUT2D eigenvalue weighted by Crippen LogP contribution is 2.19. The van der Waals surface area contributed by atoms with Crippen LogP contribution < -0.4 is 10.2 Å². The standard InChI is InChI=1S/C17H25N7O/c1-22(2)16-15(4-3-7-18-16)12-19-17(25)23-9-5-14(6-10-23)13-24-11-8-20-21-24/h3-4,7-8,11,14H,5-6,9-10,12-13H2,1-2H3,(H,19,25). The first kappa shape index (κ1) is 17.2. The van der Waals surface area contributed by atoms with Crippen LogP contribution in [-0.2, 0) is 13.1 Å². The largest absolute Gasteiger partial charge is 0.362 e. The molecule has 134 valence electrons. The quantitative estimate of drug-likeness (QED) is 0.887. The van der Waals surface area contributed by atoms with Gasteiger partial charge in [-0.05, 0) is 24.8 Å². The predicted molar refractivity (Wildman–Crippen MR) is 95.1 cm³/mol. The van der Waals surface area contributed by atoms with Crippen LogP contribution in [0.5, 0.6) is 0 Å². The third-order valence-electron chi connectivity index (χ3n) is 4.54. The third-order valence-corrected chi connectivity index (χ3v) is 4.54. The highest BCUT2D eigenvalue weighted by atomic mass is 16.2. The van der Waals surface area contributed by atoms with Gasteiger partial charge in [-0.2, -0.15) is 0 Å². The molecule has 2 aromatic heterocycles. The van der Waals surface area contributed by atoms with Crippen LogP contribution in [0.25, 0.3) is 0 Å². The van der Waals surface area contributed by atoms with E-state index in [9.17, 15) is 4.79 Å². The van der Waals surface area contributed by atoms with Crippen molar-refractivity contribution >= 4 is 11.8 Å². The van der Waals surface area contributed by atoms with E-state index in [1.165, 1.54) is 0 Å². The SMILES string of the molecule is CN(C)c1ncccc1CNC(=O)N1CCC(Cn2ccnn2)CC1. The van der Waals surface area contributed by atoms with E-state index in [2.05, 4.69) is 20.6 Å². The molecule has 0 saturated carbocycles. The lowest BCUT2D eigenvalue weighted by Gasteiger charge is -2.32. The molecule has 0 aromatic carbocycles. The van der Waals surface area contributed by atoms with Gasteiger partial charge >= 0.3 is 6.03 Å². The van der Waals surface area contributed by atoms with E-state index in [0.717, 1.165) is 43.9 Å². The van der Waals surface area contributed by atoms with E-state index in [4.69, 9.17) is 0 Å². The maximum atomic E-state index is 12.4. The zero-order valence-electron chi connectivity index (χ0n) is 14.8. The number of rotatable bonds is 5. The first-order valence-electron chi connectivity index (χ1n) is 8.61. The Morgan fingerprint density at radius 2 is 2.12 bits per heavy atom. The Balaban J connectivity index is 1.47. The lowest BCUT2D eigenvalue weighted by molar-refractivity contribution is 0.163. The van der Waals surface area contributed by atoms with Gasteiger partial charge in [0.15, 0.2) is 0 Å². The molecule has 3 rings (SSSR count). The van der Waals surface area contributed by atoms with E-state index < -0.39 is 0 Å². The number of pyridine rings is 1. The molecule has 1 aliphatic heterocycles. The Morgan fingerprint density at radius 1 is 1.32 bits per heavy atom. The molecule has 0 spiro atoms. The number of carbonyl (C=O) groups excluding carboxylic acids is 1.